The molecular weight excluding hydrogens is 192 g/mol. The van der Waals surface area contributed by atoms with Crippen LogP contribution >= 0.6 is 12.6 Å². The molecule has 0 bridgehead atoms. The molecule has 1 aliphatic rings. The van der Waals surface area contributed by atoms with E-state index in [1.54, 1.807) is 0 Å². The summed E-state index contributed by atoms with van der Waals surface area (Å²) in [5, 5.41) is 18.6. The second-order valence-corrected chi connectivity index (χ2v) is 2.98. The Hall–Kier alpha value is -1.20. The van der Waals surface area contributed by atoms with Gasteiger partial charge in [-0.05, 0) is 12.2 Å². The van der Waals surface area contributed by atoms with Gasteiger partial charge in [0.15, 0.2) is 5.76 Å². The highest BCUT2D eigenvalue weighted by Gasteiger charge is 2.36. The first-order chi connectivity index (χ1) is 5.96. The Morgan fingerprint density at radius 1 is 1.69 bits per heavy atom. The van der Waals surface area contributed by atoms with Gasteiger partial charge in [0, 0.05) is 0 Å². The van der Waals surface area contributed by atoms with E-state index in [-0.39, 0.29) is 4.91 Å². The maximum absolute atomic E-state index is 10.9. The van der Waals surface area contributed by atoms with Gasteiger partial charge in [-0.15, -0.1) is 12.6 Å². The van der Waals surface area contributed by atoms with Gasteiger partial charge < -0.3 is 14.9 Å². The lowest BCUT2D eigenvalue weighted by Crippen LogP contribution is -2.33. The Balaban J connectivity index is 2.74. The minimum atomic E-state index is -2.07. The van der Waals surface area contributed by atoms with Crippen LogP contribution in [0.2, 0.25) is 0 Å². The average molecular weight is 200 g/mol. The first-order valence-electron chi connectivity index (χ1n) is 3.38. The quantitative estimate of drug-likeness (QED) is 0.265. The zero-order valence-corrected chi connectivity index (χ0v) is 7.49. The van der Waals surface area contributed by atoms with Gasteiger partial charge in [0.05, 0.1) is 4.91 Å². The maximum Gasteiger partial charge on any atom is 0.346 e. The number of ether oxygens (including phenoxy) is 1. The average Bonchev–Trinajstić information content (AvgIpc) is 2.32. The van der Waals surface area contributed by atoms with Crippen LogP contribution < -0.4 is 0 Å². The SMILES string of the molecule is C=C(S)C(=O)OC1(O)C=CC=C1O. The molecule has 0 amide bonds. The van der Waals surface area contributed by atoms with Crippen molar-refractivity contribution in [3.8, 4) is 0 Å². The van der Waals surface area contributed by atoms with Crippen LogP contribution in [0.15, 0.2) is 35.5 Å². The molecule has 2 N–H and O–H groups in total. The zero-order valence-electron chi connectivity index (χ0n) is 6.60. The lowest BCUT2D eigenvalue weighted by Gasteiger charge is -2.20. The third-order valence-electron chi connectivity index (χ3n) is 1.43. The third kappa shape index (κ3) is 1.93. The number of aliphatic hydroxyl groups is 2. The second-order valence-electron chi connectivity index (χ2n) is 2.44. The minimum absolute atomic E-state index is 0.151. The van der Waals surface area contributed by atoms with Crippen LogP contribution in [0, 0.1) is 0 Å². The number of allylic oxidation sites excluding steroid dienone is 2. The number of hydrogen-bond donors (Lipinski definition) is 3. The van der Waals surface area contributed by atoms with Crippen LogP contribution in [0.1, 0.15) is 0 Å². The third-order valence-corrected chi connectivity index (χ3v) is 1.61. The molecule has 0 aromatic carbocycles. The first-order valence-corrected chi connectivity index (χ1v) is 3.83. The fourth-order valence-corrected chi connectivity index (χ4v) is 0.807. The summed E-state index contributed by atoms with van der Waals surface area (Å²) < 4.78 is 4.51. The van der Waals surface area contributed by atoms with Gasteiger partial charge in [0.25, 0.3) is 5.79 Å². The Labute approximate surface area is 80.2 Å². The largest absolute Gasteiger partial charge is 0.506 e. The number of carbonyl (C=O) groups excluding carboxylic acids is 1. The number of aliphatic hydroxyl groups excluding tert-OH is 1. The number of hydrogen-bond acceptors (Lipinski definition) is 5. The van der Waals surface area contributed by atoms with Crippen LogP contribution in [0.5, 0.6) is 0 Å². The molecule has 1 atom stereocenters. The Bertz CT molecular complexity index is 318. The van der Waals surface area contributed by atoms with Gasteiger partial charge in [-0.1, -0.05) is 12.7 Å². The fraction of sp³-hybridized carbons (Fsp3) is 0.125. The van der Waals surface area contributed by atoms with E-state index < -0.39 is 17.5 Å². The van der Waals surface area contributed by atoms with Crippen molar-refractivity contribution in [1.82, 2.24) is 0 Å². The van der Waals surface area contributed by atoms with Crippen LogP contribution in [0.3, 0.4) is 0 Å². The van der Waals surface area contributed by atoms with Crippen molar-refractivity contribution in [2.75, 3.05) is 0 Å². The van der Waals surface area contributed by atoms with Crippen LogP contribution in [-0.4, -0.2) is 22.0 Å². The number of rotatable bonds is 2. The van der Waals surface area contributed by atoms with E-state index in [4.69, 9.17) is 5.11 Å². The molecule has 1 unspecified atom stereocenters. The standard InChI is InChI=1S/C8H8O4S/c1-5(13)7(10)12-8(11)4-2-3-6(8)9/h2-4,9,11,13H,1H2. The maximum atomic E-state index is 10.9. The molecule has 1 aliphatic carbocycles. The predicted molar refractivity (Wildman–Crippen MR) is 49.0 cm³/mol. The van der Waals surface area contributed by atoms with E-state index in [9.17, 15) is 9.90 Å². The first kappa shape index (κ1) is 9.88. The van der Waals surface area contributed by atoms with Crippen molar-refractivity contribution in [2.45, 2.75) is 5.79 Å². The molecule has 13 heavy (non-hydrogen) atoms. The molecule has 4 nitrogen and oxygen atoms in total. The van der Waals surface area contributed by atoms with Gasteiger partial charge in [-0.3, -0.25) is 0 Å². The Kier molecular flexibility index (Phi) is 2.49. The Morgan fingerprint density at radius 3 is 2.69 bits per heavy atom. The molecule has 0 heterocycles. The van der Waals surface area contributed by atoms with Gasteiger partial charge >= 0.3 is 5.97 Å². The van der Waals surface area contributed by atoms with Gasteiger partial charge in [0.1, 0.15) is 0 Å². The normalized spacial score (nSPS) is 25.5. The van der Waals surface area contributed by atoms with Crippen molar-refractivity contribution in [3.63, 3.8) is 0 Å². The number of esters is 1. The van der Waals surface area contributed by atoms with Crippen molar-refractivity contribution in [2.24, 2.45) is 0 Å². The molecule has 0 aliphatic heterocycles. The monoisotopic (exact) mass is 200 g/mol. The Morgan fingerprint density at radius 2 is 2.31 bits per heavy atom. The van der Waals surface area contributed by atoms with Crippen molar-refractivity contribution < 1.29 is 19.7 Å². The summed E-state index contributed by atoms with van der Waals surface area (Å²) in [5.74, 6) is -3.41. The molecular formula is C8H8O4S. The van der Waals surface area contributed by atoms with Crippen molar-refractivity contribution in [1.29, 1.82) is 0 Å². The molecule has 70 valence electrons. The molecule has 5 heteroatoms. The zero-order chi connectivity index (χ0) is 10.1. The smallest absolute Gasteiger partial charge is 0.346 e. The van der Waals surface area contributed by atoms with Gasteiger partial charge in [-0.25, -0.2) is 4.79 Å². The van der Waals surface area contributed by atoms with E-state index in [0.717, 1.165) is 6.08 Å². The van der Waals surface area contributed by atoms with Gasteiger partial charge in [0.2, 0.25) is 0 Å². The lowest BCUT2D eigenvalue weighted by atomic mass is 10.3. The number of thiol groups is 1. The van der Waals surface area contributed by atoms with Crippen LogP contribution in [0.4, 0.5) is 0 Å². The summed E-state index contributed by atoms with van der Waals surface area (Å²) in [6, 6.07) is 0. The van der Waals surface area contributed by atoms with Crippen LogP contribution in [-0.2, 0) is 9.53 Å². The highest BCUT2D eigenvalue weighted by atomic mass is 32.1. The summed E-state index contributed by atoms with van der Waals surface area (Å²) in [6.45, 7) is 3.21. The van der Waals surface area contributed by atoms with Gasteiger partial charge in [-0.2, -0.15) is 0 Å². The van der Waals surface area contributed by atoms with E-state index in [2.05, 4.69) is 23.9 Å². The van der Waals surface area contributed by atoms with E-state index in [0.29, 0.717) is 0 Å². The summed E-state index contributed by atoms with van der Waals surface area (Å²) in [7, 11) is 0. The van der Waals surface area contributed by atoms with Crippen LogP contribution in [0.25, 0.3) is 0 Å². The number of carbonyl (C=O) groups is 1. The molecule has 0 radical (unpaired) electrons. The molecule has 1 rings (SSSR count). The van der Waals surface area contributed by atoms with Crippen molar-refractivity contribution in [3.05, 3.63) is 35.5 Å². The molecule has 0 aromatic heterocycles. The fourth-order valence-electron chi connectivity index (χ4n) is 0.761. The topological polar surface area (TPSA) is 66.8 Å². The minimum Gasteiger partial charge on any atom is -0.506 e. The molecule has 0 spiro atoms. The summed E-state index contributed by atoms with van der Waals surface area (Å²) in [4.78, 5) is 10.8. The molecule has 0 saturated carbocycles. The summed E-state index contributed by atoms with van der Waals surface area (Å²) in [6.07, 6.45) is 3.72. The lowest BCUT2D eigenvalue weighted by molar-refractivity contribution is -0.180. The van der Waals surface area contributed by atoms with Crippen molar-refractivity contribution >= 4 is 18.6 Å². The van der Waals surface area contributed by atoms with E-state index in [1.165, 1.54) is 12.2 Å². The highest BCUT2D eigenvalue weighted by molar-refractivity contribution is 7.85. The predicted octanol–water partition coefficient (Wildman–Crippen LogP) is 0.673. The molecule has 0 saturated heterocycles. The summed E-state index contributed by atoms with van der Waals surface area (Å²) in [5.41, 5.74) is 0. The molecule has 0 aromatic rings. The van der Waals surface area contributed by atoms with E-state index >= 15 is 0 Å². The molecule has 0 fully saturated rings. The highest BCUT2D eigenvalue weighted by Crippen LogP contribution is 2.24. The van der Waals surface area contributed by atoms with E-state index in [1.807, 2.05) is 0 Å². The second kappa shape index (κ2) is 3.27. The summed E-state index contributed by atoms with van der Waals surface area (Å²) >= 11 is 3.63.